The van der Waals surface area contributed by atoms with Crippen LogP contribution in [-0.2, 0) is 10.2 Å². The van der Waals surface area contributed by atoms with E-state index in [0.717, 1.165) is 23.8 Å². The molecule has 0 radical (unpaired) electrons. The molecule has 0 spiro atoms. The third-order valence-corrected chi connectivity index (χ3v) is 3.66. The van der Waals surface area contributed by atoms with E-state index in [0.29, 0.717) is 0 Å². The minimum absolute atomic E-state index is 0.00586. The Labute approximate surface area is 101 Å². The van der Waals surface area contributed by atoms with Gasteiger partial charge in [-0.2, -0.15) is 0 Å². The first-order chi connectivity index (χ1) is 7.73. The van der Waals surface area contributed by atoms with Crippen molar-refractivity contribution in [2.24, 2.45) is 4.99 Å². The van der Waals surface area contributed by atoms with Crippen LogP contribution in [0, 0.1) is 0 Å². The Hall–Kier alpha value is -1.02. The van der Waals surface area contributed by atoms with E-state index < -0.39 is 0 Å². The first kappa shape index (κ1) is 11.5. The van der Waals surface area contributed by atoms with E-state index in [1.54, 1.807) is 14.2 Å². The third kappa shape index (κ3) is 1.71. The predicted octanol–water partition coefficient (Wildman–Crippen LogP) is 3.44. The van der Waals surface area contributed by atoms with Crippen molar-refractivity contribution in [3.05, 3.63) is 34.9 Å². The molecule has 0 heterocycles. The van der Waals surface area contributed by atoms with Crippen LogP contribution in [0.25, 0.3) is 0 Å². The molecule has 0 bridgehead atoms. The highest BCUT2D eigenvalue weighted by molar-refractivity contribution is 6.30. The van der Waals surface area contributed by atoms with E-state index in [2.05, 4.69) is 17.1 Å². The molecule has 0 aliphatic heterocycles. The molecule has 1 aromatic carbocycles. The van der Waals surface area contributed by atoms with Crippen molar-refractivity contribution in [2.75, 3.05) is 14.2 Å². The Kier molecular flexibility index (Phi) is 3.20. The molecule has 3 heteroatoms. The SMILES string of the molecule is CN=C(OC)C1(c2ccc(Cl)cc2)CCC1. The second-order valence-electron chi connectivity index (χ2n) is 4.18. The number of ether oxygens (including phenoxy) is 1. The van der Waals surface area contributed by atoms with E-state index in [4.69, 9.17) is 16.3 Å². The van der Waals surface area contributed by atoms with Gasteiger partial charge in [0.25, 0.3) is 0 Å². The molecule has 86 valence electrons. The number of aliphatic imine (C=N–C) groups is 1. The maximum Gasteiger partial charge on any atom is 0.193 e. The van der Waals surface area contributed by atoms with Crippen LogP contribution in [0.5, 0.6) is 0 Å². The van der Waals surface area contributed by atoms with Crippen molar-refractivity contribution in [1.82, 2.24) is 0 Å². The number of nitrogens with zero attached hydrogens (tertiary/aromatic N) is 1. The molecule has 0 amide bonds. The quantitative estimate of drug-likeness (QED) is 0.571. The standard InChI is InChI=1S/C13H16ClNO/c1-15-12(16-2)13(8-3-9-13)10-4-6-11(14)7-5-10/h4-7H,3,8-9H2,1-2H3. The second-order valence-corrected chi connectivity index (χ2v) is 4.61. The summed E-state index contributed by atoms with van der Waals surface area (Å²) in [7, 11) is 3.48. The lowest BCUT2D eigenvalue weighted by atomic mass is 9.64. The lowest BCUT2D eigenvalue weighted by molar-refractivity contribution is 0.261. The lowest BCUT2D eigenvalue weighted by Gasteiger charge is -2.41. The van der Waals surface area contributed by atoms with Crippen molar-refractivity contribution < 1.29 is 4.74 Å². The number of hydrogen-bond acceptors (Lipinski definition) is 2. The number of rotatable bonds is 2. The average Bonchev–Trinajstić information content (AvgIpc) is 2.25. The van der Waals surface area contributed by atoms with Gasteiger partial charge in [0, 0.05) is 12.1 Å². The molecule has 1 aliphatic carbocycles. The van der Waals surface area contributed by atoms with Gasteiger partial charge in [-0.1, -0.05) is 30.2 Å². The molecule has 2 nitrogen and oxygen atoms in total. The van der Waals surface area contributed by atoms with Gasteiger partial charge < -0.3 is 4.74 Å². The zero-order valence-electron chi connectivity index (χ0n) is 9.66. The normalized spacial score (nSPS) is 19.1. The second kappa shape index (κ2) is 4.46. The monoisotopic (exact) mass is 237 g/mol. The summed E-state index contributed by atoms with van der Waals surface area (Å²) in [5, 5.41) is 0.769. The van der Waals surface area contributed by atoms with Crippen molar-refractivity contribution >= 4 is 17.5 Å². The number of halogens is 1. The van der Waals surface area contributed by atoms with Gasteiger partial charge in [0.05, 0.1) is 12.5 Å². The smallest absolute Gasteiger partial charge is 0.193 e. The minimum Gasteiger partial charge on any atom is -0.484 e. The first-order valence-electron chi connectivity index (χ1n) is 5.50. The summed E-state index contributed by atoms with van der Waals surface area (Å²) >= 11 is 5.91. The fourth-order valence-corrected chi connectivity index (χ4v) is 2.55. The molecule has 0 N–H and O–H groups in total. The van der Waals surface area contributed by atoms with Gasteiger partial charge in [0.1, 0.15) is 0 Å². The van der Waals surface area contributed by atoms with Gasteiger partial charge in [0.15, 0.2) is 5.90 Å². The Morgan fingerprint density at radius 1 is 1.31 bits per heavy atom. The van der Waals surface area contributed by atoms with Gasteiger partial charge >= 0.3 is 0 Å². The van der Waals surface area contributed by atoms with Crippen LogP contribution in [0.1, 0.15) is 24.8 Å². The van der Waals surface area contributed by atoms with Gasteiger partial charge in [-0.05, 0) is 30.5 Å². The van der Waals surface area contributed by atoms with Gasteiger partial charge in [-0.25, -0.2) is 0 Å². The largest absolute Gasteiger partial charge is 0.484 e. The summed E-state index contributed by atoms with van der Waals surface area (Å²) < 4.78 is 5.41. The third-order valence-electron chi connectivity index (χ3n) is 3.41. The Morgan fingerprint density at radius 3 is 2.31 bits per heavy atom. The molecule has 1 saturated carbocycles. The number of hydrogen-bond donors (Lipinski definition) is 0. The highest BCUT2D eigenvalue weighted by Gasteiger charge is 2.44. The Morgan fingerprint density at radius 2 is 1.94 bits per heavy atom. The average molecular weight is 238 g/mol. The topological polar surface area (TPSA) is 21.6 Å². The van der Waals surface area contributed by atoms with Crippen LogP contribution in [-0.4, -0.2) is 20.1 Å². The molecular formula is C13H16ClNO. The molecule has 0 atom stereocenters. The molecule has 0 unspecified atom stereocenters. The maximum atomic E-state index is 5.91. The summed E-state index contributed by atoms with van der Waals surface area (Å²) in [4.78, 5) is 4.26. The molecule has 2 rings (SSSR count). The summed E-state index contributed by atoms with van der Waals surface area (Å²) in [6.07, 6.45) is 3.44. The molecular weight excluding hydrogens is 222 g/mol. The highest BCUT2D eigenvalue weighted by Crippen LogP contribution is 2.45. The summed E-state index contributed by atoms with van der Waals surface area (Å²) in [6, 6.07) is 8.01. The molecule has 1 aliphatic rings. The summed E-state index contributed by atoms with van der Waals surface area (Å²) in [5.74, 6) is 0.834. The van der Waals surface area contributed by atoms with Crippen LogP contribution in [0.3, 0.4) is 0 Å². The highest BCUT2D eigenvalue weighted by atomic mass is 35.5. The van der Waals surface area contributed by atoms with Crippen LogP contribution in [0.2, 0.25) is 5.02 Å². The molecule has 1 fully saturated rings. The zero-order valence-corrected chi connectivity index (χ0v) is 10.4. The van der Waals surface area contributed by atoms with Crippen molar-refractivity contribution in [3.8, 4) is 0 Å². The van der Waals surface area contributed by atoms with Crippen molar-refractivity contribution in [1.29, 1.82) is 0 Å². The van der Waals surface area contributed by atoms with Crippen LogP contribution in [0.15, 0.2) is 29.3 Å². The van der Waals surface area contributed by atoms with Crippen LogP contribution >= 0.6 is 11.6 Å². The van der Waals surface area contributed by atoms with E-state index in [1.807, 2.05) is 12.1 Å². The molecule has 1 aromatic rings. The van der Waals surface area contributed by atoms with E-state index in [1.165, 1.54) is 12.0 Å². The zero-order chi connectivity index (χ0) is 11.6. The first-order valence-corrected chi connectivity index (χ1v) is 5.88. The number of methoxy groups -OCH3 is 1. The van der Waals surface area contributed by atoms with Gasteiger partial charge in [0.2, 0.25) is 0 Å². The molecule has 0 saturated heterocycles. The maximum absolute atomic E-state index is 5.91. The molecule has 16 heavy (non-hydrogen) atoms. The predicted molar refractivity (Wildman–Crippen MR) is 67.3 cm³/mol. The fourth-order valence-electron chi connectivity index (χ4n) is 2.43. The summed E-state index contributed by atoms with van der Waals surface area (Å²) in [5.41, 5.74) is 1.25. The Balaban J connectivity index is 2.38. The van der Waals surface area contributed by atoms with Crippen LogP contribution in [0.4, 0.5) is 0 Å². The summed E-state index contributed by atoms with van der Waals surface area (Å²) in [6.45, 7) is 0. The van der Waals surface area contributed by atoms with Crippen molar-refractivity contribution in [3.63, 3.8) is 0 Å². The number of benzene rings is 1. The van der Waals surface area contributed by atoms with Crippen LogP contribution < -0.4 is 0 Å². The van der Waals surface area contributed by atoms with Gasteiger partial charge in [-0.3, -0.25) is 4.99 Å². The van der Waals surface area contributed by atoms with Crippen molar-refractivity contribution in [2.45, 2.75) is 24.7 Å². The fraction of sp³-hybridized carbons (Fsp3) is 0.462. The van der Waals surface area contributed by atoms with E-state index in [9.17, 15) is 0 Å². The van der Waals surface area contributed by atoms with Gasteiger partial charge in [-0.15, -0.1) is 0 Å². The lowest BCUT2D eigenvalue weighted by Crippen LogP contribution is -2.43. The van der Waals surface area contributed by atoms with E-state index >= 15 is 0 Å². The Bertz CT molecular complexity index is 393. The molecule has 0 aromatic heterocycles. The van der Waals surface area contributed by atoms with E-state index in [-0.39, 0.29) is 5.41 Å². The minimum atomic E-state index is -0.00586.